The van der Waals surface area contributed by atoms with Crippen molar-refractivity contribution < 1.29 is 0 Å². The van der Waals surface area contributed by atoms with E-state index in [4.69, 9.17) is 0 Å². The van der Waals surface area contributed by atoms with Crippen LogP contribution < -0.4 is 4.90 Å². The number of rotatable bonds is 2. The first kappa shape index (κ1) is 15.6. The monoisotopic (exact) mass is 301 g/mol. The molecule has 2 rings (SSSR count). The summed E-state index contributed by atoms with van der Waals surface area (Å²) < 4.78 is 0. The molecule has 1 aliphatic heterocycles. The minimum Gasteiger partial charge on any atom is -0.354 e. The molecule has 1 aromatic rings. The Hall–Kier alpha value is -1.76. The third kappa shape index (κ3) is 3.12. The lowest BCUT2D eigenvalue weighted by Gasteiger charge is -2.24. The zero-order chi connectivity index (χ0) is 15.4. The first-order valence-electron chi connectivity index (χ1n) is 7.11. The topological polar surface area (TPSA) is 67.0 Å². The molecule has 6 heteroatoms. The van der Waals surface area contributed by atoms with Crippen molar-refractivity contribution in [1.29, 1.82) is 10.5 Å². The number of anilines is 1. The van der Waals surface area contributed by atoms with Crippen LogP contribution in [0.25, 0.3) is 0 Å². The second kappa shape index (κ2) is 6.80. The molecule has 0 bridgehead atoms. The molecule has 0 unspecified atom stereocenters. The van der Waals surface area contributed by atoms with Gasteiger partial charge in [0.1, 0.15) is 23.0 Å². The van der Waals surface area contributed by atoms with Crippen LogP contribution in [0.3, 0.4) is 0 Å². The van der Waals surface area contributed by atoms with Crippen molar-refractivity contribution in [2.75, 3.05) is 38.1 Å². The van der Waals surface area contributed by atoms with Crippen LogP contribution in [-0.2, 0) is 6.42 Å². The highest BCUT2D eigenvalue weighted by Crippen LogP contribution is 2.29. The van der Waals surface area contributed by atoms with Gasteiger partial charge in [-0.2, -0.15) is 10.5 Å². The predicted molar refractivity (Wildman–Crippen MR) is 84.6 cm³/mol. The molecule has 5 nitrogen and oxygen atoms in total. The number of thiol groups is 1. The first-order valence-corrected chi connectivity index (χ1v) is 7.56. The van der Waals surface area contributed by atoms with Gasteiger partial charge in [0.15, 0.2) is 0 Å². The maximum Gasteiger partial charge on any atom is 0.148 e. The molecule has 1 saturated heterocycles. The van der Waals surface area contributed by atoms with Gasteiger partial charge in [0.05, 0.1) is 11.1 Å². The lowest BCUT2D eigenvalue weighted by Crippen LogP contribution is -2.30. The Bertz CT molecular complexity index is 614. The highest BCUT2D eigenvalue weighted by atomic mass is 32.1. The molecule has 0 saturated carbocycles. The standard InChI is InChI=1S/C15H19N5S/c1-3-11-12(9-16)14(18-15(21)13(11)10-17)20-6-4-5-19(2)7-8-20/h3-8H2,1-2H3,(H,18,21). The van der Waals surface area contributed by atoms with E-state index in [1.807, 2.05) is 6.92 Å². The van der Waals surface area contributed by atoms with Gasteiger partial charge in [0.25, 0.3) is 0 Å². The van der Waals surface area contributed by atoms with E-state index in [2.05, 4.69) is 46.6 Å². The predicted octanol–water partition coefficient (Wildman–Crippen LogP) is 1.82. The normalized spacial score (nSPS) is 16.1. The maximum absolute atomic E-state index is 9.53. The van der Waals surface area contributed by atoms with E-state index < -0.39 is 0 Å². The average molecular weight is 301 g/mol. The summed E-state index contributed by atoms with van der Waals surface area (Å²) in [5.41, 5.74) is 1.71. The third-order valence-electron chi connectivity index (χ3n) is 3.86. The number of pyridine rings is 1. The van der Waals surface area contributed by atoms with E-state index in [0.29, 0.717) is 28.4 Å². The number of likely N-dealkylation sites (N-methyl/N-ethyl adjacent to an activating group) is 1. The van der Waals surface area contributed by atoms with Gasteiger partial charge in [-0.05, 0) is 32.0 Å². The zero-order valence-corrected chi connectivity index (χ0v) is 13.3. The SMILES string of the molecule is CCc1c(C#N)c(S)nc(N2CCCN(C)CC2)c1C#N. The fourth-order valence-electron chi connectivity index (χ4n) is 2.68. The van der Waals surface area contributed by atoms with Crippen molar-refractivity contribution in [3.8, 4) is 12.1 Å². The van der Waals surface area contributed by atoms with Gasteiger partial charge >= 0.3 is 0 Å². The minimum atomic E-state index is 0.418. The van der Waals surface area contributed by atoms with E-state index >= 15 is 0 Å². The van der Waals surface area contributed by atoms with Crippen molar-refractivity contribution in [2.45, 2.75) is 24.8 Å². The van der Waals surface area contributed by atoms with E-state index in [1.165, 1.54) is 0 Å². The number of hydrogen-bond donors (Lipinski definition) is 1. The van der Waals surface area contributed by atoms with E-state index in [-0.39, 0.29) is 0 Å². The van der Waals surface area contributed by atoms with E-state index in [9.17, 15) is 10.5 Å². The van der Waals surface area contributed by atoms with Crippen LogP contribution >= 0.6 is 12.6 Å². The summed E-state index contributed by atoms with van der Waals surface area (Å²) in [6.45, 7) is 5.64. The Morgan fingerprint density at radius 2 is 1.86 bits per heavy atom. The van der Waals surface area contributed by atoms with Gasteiger partial charge in [0.2, 0.25) is 0 Å². The second-order valence-corrected chi connectivity index (χ2v) is 5.63. The number of hydrogen-bond acceptors (Lipinski definition) is 6. The molecule has 1 fully saturated rings. The molecular weight excluding hydrogens is 282 g/mol. The van der Waals surface area contributed by atoms with Crippen LogP contribution in [0.2, 0.25) is 0 Å². The zero-order valence-electron chi connectivity index (χ0n) is 12.4. The van der Waals surface area contributed by atoms with Crippen molar-refractivity contribution in [2.24, 2.45) is 0 Å². The molecule has 0 amide bonds. The van der Waals surface area contributed by atoms with Gasteiger partial charge < -0.3 is 9.80 Å². The summed E-state index contributed by atoms with van der Waals surface area (Å²) in [5, 5.41) is 19.2. The van der Waals surface area contributed by atoms with Crippen LogP contribution in [0.1, 0.15) is 30.0 Å². The summed E-state index contributed by atoms with van der Waals surface area (Å²) in [6.07, 6.45) is 1.66. The number of aromatic nitrogens is 1. The summed E-state index contributed by atoms with van der Waals surface area (Å²) >= 11 is 4.34. The molecule has 110 valence electrons. The minimum absolute atomic E-state index is 0.418. The quantitative estimate of drug-likeness (QED) is 0.844. The van der Waals surface area contributed by atoms with Crippen molar-refractivity contribution >= 4 is 18.4 Å². The number of nitriles is 2. The summed E-state index contributed by atoms with van der Waals surface area (Å²) in [6, 6.07) is 4.37. The Kier molecular flexibility index (Phi) is 5.06. The molecule has 21 heavy (non-hydrogen) atoms. The Labute approximate surface area is 131 Å². The van der Waals surface area contributed by atoms with Crippen LogP contribution in [0, 0.1) is 22.7 Å². The molecule has 1 aromatic heterocycles. The van der Waals surface area contributed by atoms with Gasteiger partial charge in [-0.25, -0.2) is 4.98 Å². The van der Waals surface area contributed by atoms with Crippen LogP contribution in [0.15, 0.2) is 5.03 Å². The van der Waals surface area contributed by atoms with Crippen LogP contribution in [0.5, 0.6) is 0 Å². The molecule has 0 aromatic carbocycles. The number of nitrogens with zero attached hydrogens (tertiary/aromatic N) is 5. The molecule has 0 N–H and O–H groups in total. The molecule has 0 spiro atoms. The molecule has 2 heterocycles. The van der Waals surface area contributed by atoms with Gasteiger partial charge in [-0.15, -0.1) is 12.6 Å². The van der Waals surface area contributed by atoms with Crippen molar-refractivity contribution in [3.63, 3.8) is 0 Å². The fourth-order valence-corrected chi connectivity index (χ4v) is 2.96. The lowest BCUT2D eigenvalue weighted by atomic mass is 10.0. The van der Waals surface area contributed by atoms with Crippen molar-refractivity contribution in [3.05, 3.63) is 16.7 Å². The van der Waals surface area contributed by atoms with Gasteiger partial charge in [-0.3, -0.25) is 0 Å². The van der Waals surface area contributed by atoms with Crippen molar-refractivity contribution in [1.82, 2.24) is 9.88 Å². The summed E-state index contributed by atoms with van der Waals surface area (Å²) in [5.74, 6) is 0.675. The van der Waals surface area contributed by atoms with E-state index in [0.717, 1.165) is 38.2 Å². The molecule has 0 atom stereocenters. The maximum atomic E-state index is 9.53. The molecular formula is C15H19N5S. The molecule has 0 radical (unpaired) electrons. The summed E-state index contributed by atoms with van der Waals surface area (Å²) in [4.78, 5) is 8.86. The highest BCUT2D eigenvalue weighted by molar-refractivity contribution is 7.80. The van der Waals surface area contributed by atoms with E-state index in [1.54, 1.807) is 0 Å². The van der Waals surface area contributed by atoms with Crippen LogP contribution in [0.4, 0.5) is 5.82 Å². The largest absolute Gasteiger partial charge is 0.354 e. The average Bonchev–Trinajstić information content (AvgIpc) is 2.70. The lowest BCUT2D eigenvalue weighted by molar-refractivity contribution is 0.360. The summed E-state index contributed by atoms with van der Waals surface area (Å²) in [7, 11) is 2.10. The van der Waals surface area contributed by atoms with Gasteiger partial charge in [-0.1, -0.05) is 6.92 Å². The molecule has 0 aliphatic carbocycles. The second-order valence-electron chi connectivity index (χ2n) is 5.21. The fraction of sp³-hybridized carbons (Fsp3) is 0.533. The Morgan fingerprint density at radius 1 is 1.14 bits per heavy atom. The van der Waals surface area contributed by atoms with Gasteiger partial charge in [0, 0.05) is 19.6 Å². The van der Waals surface area contributed by atoms with Crippen LogP contribution in [-0.4, -0.2) is 43.1 Å². The highest BCUT2D eigenvalue weighted by Gasteiger charge is 2.22. The Morgan fingerprint density at radius 3 is 2.48 bits per heavy atom. The third-order valence-corrected chi connectivity index (χ3v) is 4.18. The first-order chi connectivity index (χ1) is 10.1. The Balaban J connectivity index is 2.51. The smallest absolute Gasteiger partial charge is 0.148 e. The molecule has 1 aliphatic rings.